The van der Waals surface area contributed by atoms with E-state index in [9.17, 15) is 19.2 Å². The van der Waals surface area contributed by atoms with Gasteiger partial charge in [-0.25, -0.2) is 9.59 Å². The van der Waals surface area contributed by atoms with E-state index in [-0.39, 0.29) is 11.8 Å². The fourth-order valence-corrected chi connectivity index (χ4v) is 5.24. The largest absolute Gasteiger partial charge is 0.444 e. The van der Waals surface area contributed by atoms with Gasteiger partial charge in [-0.3, -0.25) is 20.2 Å². The van der Waals surface area contributed by atoms with Gasteiger partial charge in [-0.15, -0.1) is 20.4 Å². The second-order valence-electron chi connectivity index (χ2n) is 12.9. The Morgan fingerprint density at radius 1 is 0.636 bits per heavy atom. The van der Waals surface area contributed by atoms with Crippen LogP contribution in [0.15, 0.2) is 0 Å². The molecule has 14 nitrogen and oxygen atoms in total. The molecule has 16 heteroatoms. The Hall–Kier alpha value is -3.40. The van der Waals surface area contributed by atoms with Crippen molar-refractivity contribution >= 4 is 56.9 Å². The Balaban J connectivity index is 1.81. The molecular formula is C28H46N8O6S2. The lowest BCUT2D eigenvalue weighted by molar-refractivity contribution is -0.119. The molecule has 2 rings (SSSR count). The van der Waals surface area contributed by atoms with Crippen molar-refractivity contribution in [2.45, 2.75) is 118 Å². The lowest BCUT2D eigenvalue weighted by atomic mass is 10.0. The minimum absolute atomic E-state index is 0.172. The van der Waals surface area contributed by atoms with Crippen LogP contribution in [0.25, 0.3) is 0 Å². The molecule has 0 aliphatic rings. The second-order valence-corrected chi connectivity index (χ2v) is 15.0. The van der Waals surface area contributed by atoms with Gasteiger partial charge < -0.3 is 20.1 Å². The van der Waals surface area contributed by atoms with E-state index in [0.717, 1.165) is 22.9 Å². The standard InChI is InChI=1S/C28H46N8O6S2/c1-15(2)19(29-25(39)41-27(5,6)7)21(37)31-23-35-33-17(43-23)13-11-12-14-18-34-36-24(44-18)32-22(38)20(16(3)4)30-26(40)42-28(8,9)10/h15-16,19-20H,11-14H2,1-10H3,(H,29,39)(H,30,40)(H,31,35,37)(H,32,36,38)/t19-,20-/m0/s1. The monoisotopic (exact) mass is 654 g/mol. The third-order valence-electron chi connectivity index (χ3n) is 5.67. The highest BCUT2D eigenvalue weighted by molar-refractivity contribution is 7.15. The molecule has 4 amide bonds. The molecular weight excluding hydrogens is 608 g/mol. The van der Waals surface area contributed by atoms with Crippen LogP contribution < -0.4 is 21.3 Å². The molecule has 0 bridgehead atoms. The summed E-state index contributed by atoms with van der Waals surface area (Å²) in [6.45, 7) is 17.8. The average molecular weight is 655 g/mol. The maximum atomic E-state index is 12.8. The van der Waals surface area contributed by atoms with E-state index in [2.05, 4.69) is 41.7 Å². The predicted molar refractivity (Wildman–Crippen MR) is 170 cm³/mol. The van der Waals surface area contributed by atoms with E-state index in [1.807, 2.05) is 27.7 Å². The number of aryl methyl sites for hydroxylation is 2. The highest BCUT2D eigenvalue weighted by atomic mass is 32.1. The average Bonchev–Trinajstić information content (AvgIpc) is 3.50. The summed E-state index contributed by atoms with van der Waals surface area (Å²) in [5.41, 5.74) is -1.35. The number of carbonyl (C=O) groups is 4. The second kappa shape index (κ2) is 16.1. The van der Waals surface area contributed by atoms with Crippen LogP contribution in [-0.2, 0) is 31.9 Å². The highest BCUT2D eigenvalue weighted by Gasteiger charge is 2.29. The smallest absolute Gasteiger partial charge is 0.408 e. The van der Waals surface area contributed by atoms with Crippen molar-refractivity contribution in [3.8, 4) is 0 Å². The molecule has 0 fully saturated rings. The number of ether oxygens (including phenoxy) is 2. The molecule has 0 spiro atoms. The van der Waals surface area contributed by atoms with Crippen LogP contribution in [0.2, 0.25) is 0 Å². The van der Waals surface area contributed by atoms with E-state index in [4.69, 9.17) is 9.47 Å². The maximum absolute atomic E-state index is 12.8. The van der Waals surface area contributed by atoms with Gasteiger partial charge in [-0.2, -0.15) is 0 Å². The van der Waals surface area contributed by atoms with Crippen LogP contribution in [0.3, 0.4) is 0 Å². The Morgan fingerprint density at radius 3 is 1.27 bits per heavy atom. The molecule has 0 saturated heterocycles. The van der Waals surface area contributed by atoms with Crippen molar-refractivity contribution in [3.05, 3.63) is 10.0 Å². The molecule has 44 heavy (non-hydrogen) atoms. The molecule has 2 aromatic rings. The molecule has 246 valence electrons. The van der Waals surface area contributed by atoms with Gasteiger partial charge in [0.05, 0.1) is 0 Å². The van der Waals surface area contributed by atoms with Gasteiger partial charge in [0.2, 0.25) is 22.1 Å². The predicted octanol–water partition coefficient (Wildman–Crippen LogP) is 4.93. The molecule has 0 aromatic carbocycles. The number of nitrogens with one attached hydrogen (secondary N) is 4. The zero-order valence-electron chi connectivity index (χ0n) is 27.2. The summed E-state index contributed by atoms with van der Waals surface area (Å²) in [6, 6.07) is -1.59. The quantitative estimate of drug-likeness (QED) is 0.216. The van der Waals surface area contributed by atoms with Gasteiger partial charge >= 0.3 is 12.2 Å². The van der Waals surface area contributed by atoms with Crippen molar-refractivity contribution in [3.63, 3.8) is 0 Å². The number of rotatable bonds is 13. The van der Waals surface area contributed by atoms with Gasteiger partial charge in [-0.1, -0.05) is 50.4 Å². The Labute approximate surface area is 266 Å². The number of alkyl carbamates (subject to hydrolysis) is 2. The summed E-state index contributed by atoms with van der Waals surface area (Å²) in [5.74, 6) is -1.13. The molecule has 0 aliphatic heterocycles. The molecule has 2 aromatic heterocycles. The number of nitrogens with zero attached hydrogens (tertiary/aromatic N) is 4. The van der Waals surface area contributed by atoms with Crippen LogP contribution in [0.4, 0.5) is 19.9 Å². The third kappa shape index (κ3) is 13.5. The first kappa shape index (κ1) is 36.8. The SMILES string of the molecule is CC(C)[C@H](NC(=O)OC(C)(C)C)C(=O)Nc1nnc(CCCCc2nnc(NC(=O)[C@@H](NC(=O)OC(C)(C)C)C(C)C)s2)s1. The molecule has 2 heterocycles. The summed E-state index contributed by atoms with van der Waals surface area (Å²) in [5, 5.41) is 29.4. The van der Waals surface area contributed by atoms with Crippen molar-refractivity contribution in [1.82, 2.24) is 31.0 Å². The normalized spacial score (nSPS) is 13.3. The van der Waals surface area contributed by atoms with Gasteiger partial charge in [0, 0.05) is 12.8 Å². The Kier molecular flexibility index (Phi) is 13.4. The number of carbonyl (C=O) groups excluding carboxylic acids is 4. The zero-order valence-corrected chi connectivity index (χ0v) is 28.8. The number of anilines is 2. The van der Waals surface area contributed by atoms with Crippen LogP contribution in [-0.4, -0.2) is 67.7 Å². The summed E-state index contributed by atoms with van der Waals surface area (Å²) in [4.78, 5) is 50.0. The Bertz CT molecular complexity index is 1170. The molecule has 4 N–H and O–H groups in total. The Morgan fingerprint density at radius 2 is 0.977 bits per heavy atom. The number of aromatic nitrogens is 4. The highest BCUT2D eigenvalue weighted by Crippen LogP contribution is 2.21. The van der Waals surface area contributed by atoms with E-state index in [0.29, 0.717) is 23.1 Å². The van der Waals surface area contributed by atoms with Gasteiger partial charge in [0.1, 0.15) is 33.3 Å². The summed E-state index contributed by atoms with van der Waals surface area (Å²) < 4.78 is 10.5. The van der Waals surface area contributed by atoms with Crippen molar-refractivity contribution < 1.29 is 28.7 Å². The van der Waals surface area contributed by atoms with E-state index in [1.165, 1.54) is 22.7 Å². The zero-order chi connectivity index (χ0) is 33.2. The number of hydrogen-bond donors (Lipinski definition) is 4. The third-order valence-corrected chi connectivity index (χ3v) is 7.46. The number of hydrogen-bond acceptors (Lipinski definition) is 12. The van der Waals surface area contributed by atoms with Crippen molar-refractivity contribution in [1.29, 1.82) is 0 Å². The van der Waals surface area contributed by atoms with Gasteiger partial charge in [-0.05, 0) is 66.2 Å². The fraction of sp³-hybridized carbons (Fsp3) is 0.714. The first-order valence-corrected chi connectivity index (χ1v) is 16.2. The molecule has 0 aliphatic carbocycles. The van der Waals surface area contributed by atoms with Crippen LogP contribution in [0.1, 0.15) is 92.1 Å². The first-order valence-electron chi connectivity index (χ1n) is 14.6. The van der Waals surface area contributed by atoms with Crippen molar-refractivity contribution in [2.24, 2.45) is 11.8 Å². The fourth-order valence-electron chi connectivity index (χ4n) is 3.67. The number of unbranched alkanes of at least 4 members (excludes halogenated alkanes) is 1. The summed E-state index contributed by atoms with van der Waals surface area (Å²) >= 11 is 2.56. The lowest BCUT2D eigenvalue weighted by Crippen LogP contribution is -2.48. The molecule has 0 unspecified atom stereocenters. The topological polar surface area (TPSA) is 186 Å². The lowest BCUT2D eigenvalue weighted by Gasteiger charge is -2.24. The maximum Gasteiger partial charge on any atom is 0.408 e. The minimum Gasteiger partial charge on any atom is -0.444 e. The molecule has 0 saturated carbocycles. The molecule has 0 radical (unpaired) electrons. The van der Waals surface area contributed by atoms with Crippen molar-refractivity contribution in [2.75, 3.05) is 10.6 Å². The van der Waals surface area contributed by atoms with Gasteiger partial charge in [0.15, 0.2) is 0 Å². The van der Waals surface area contributed by atoms with E-state index < -0.39 is 47.3 Å². The van der Waals surface area contributed by atoms with E-state index >= 15 is 0 Å². The van der Waals surface area contributed by atoms with Crippen LogP contribution in [0, 0.1) is 11.8 Å². The minimum atomic E-state index is -0.795. The first-order chi connectivity index (χ1) is 20.3. The van der Waals surface area contributed by atoms with Gasteiger partial charge in [0.25, 0.3) is 0 Å². The summed E-state index contributed by atoms with van der Waals surface area (Å²) in [7, 11) is 0. The van der Waals surface area contributed by atoms with Crippen LogP contribution in [0.5, 0.6) is 0 Å². The molecule has 2 atom stereocenters. The summed E-state index contributed by atoms with van der Waals surface area (Å²) in [6.07, 6.45) is 1.59. The number of amides is 4. The van der Waals surface area contributed by atoms with E-state index in [1.54, 1.807) is 41.5 Å². The van der Waals surface area contributed by atoms with Crippen LogP contribution >= 0.6 is 22.7 Å².